The second kappa shape index (κ2) is 5.82. The third-order valence-electron chi connectivity index (χ3n) is 3.41. The zero-order valence-electron chi connectivity index (χ0n) is 10.4. The number of hydrogen-bond donors (Lipinski definition) is 2. The van der Waals surface area contributed by atoms with Gasteiger partial charge < -0.3 is 15.6 Å². The second-order valence-electron chi connectivity index (χ2n) is 4.67. The summed E-state index contributed by atoms with van der Waals surface area (Å²) in [6.07, 6.45) is 5.62. The summed E-state index contributed by atoms with van der Waals surface area (Å²) in [6, 6.07) is 3.31. The van der Waals surface area contributed by atoms with Crippen LogP contribution in [0.4, 0.5) is 0 Å². The van der Waals surface area contributed by atoms with Crippen molar-refractivity contribution in [3.63, 3.8) is 0 Å². The van der Waals surface area contributed by atoms with Crippen LogP contribution in [0.3, 0.4) is 0 Å². The lowest BCUT2D eigenvalue weighted by Crippen LogP contribution is -2.45. The lowest BCUT2D eigenvalue weighted by Gasteiger charge is -2.37. The van der Waals surface area contributed by atoms with Crippen LogP contribution in [-0.2, 0) is 0 Å². The molecule has 5 heteroatoms. The minimum atomic E-state index is -0.191. The molecule has 0 radical (unpaired) electrons. The Hall–Kier alpha value is -1.62. The standard InChI is InChI=1S/C13H19N3O2/c14-7-2-8-16(11-3-1-4-11)13(18)10-5-6-12(17)15-9-10/h5-6,9,11H,1-4,7-8,14H2,(H,15,17). The topological polar surface area (TPSA) is 79.2 Å². The number of aromatic amines is 1. The van der Waals surface area contributed by atoms with Gasteiger partial charge in [-0.1, -0.05) is 0 Å². The number of H-pyrrole nitrogens is 1. The Morgan fingerprint density at radius 2 is 2.22 bits per heavy atom. The monoisotopic (exact) mass is 249 g/mol. The zero-order chi connectivity index (χ0) is 13.0. The third-order valence-corrected chi connectivity index (χ3v) is 3.41. The molecule has 98 valence electrons. The first-order chi connectivity index (χ1) is 8.72. The van der Waals surface area contributed by atoms with Crippen LogP contribution < -0.4 is 11.3 Å². The van der Waals surface area contributed by atoms with E-state index in [0.717, 1.165) is 19.3 Å². The molecular weight excluding hydrogens is 230 g/mol. The Morgan fingerprint density at radius 3 is 2.72 bits per heavy atom. The van der Waals surface area contributed by atoms with Crippen LogP contribution >= 0.6 is 0 Å². The molecule has 0 unspecified atom stereocenters. The summed E-state index contributed by atoms with van der Waals surface area (Å²) in [5, 5.41) is 0. The first kappa shape index (κ1) is 12.8. The molecule has 0 bridgehead atoms. The number of nitrogens with two attached hydrogens (primary N) is 1. The van der Waals surface area contributed by atoms with Crippen molar-refractivity contribution in [2.75, 3.05) is 13.1 Å². The maximum absolute atomic E-state index is 12.4. The van der Waals surface area contributed by atoms with Crippen molar-refractivity contribution in [3.05, 3.63) is 34.2 Å². The van der Waals surface area contributed by atoms with Crippen LogP contribution in [-0.4, -0.2) is 34.9 Å². The van der Waals surface area contributed by atoms with Crippen LogP contribution in [0.5, 0.6) is 0 Å². The third kappa shape index (κ3) is 2.79. The zero-order valence-corrected chi connectivity index (χ0v) is 10.4. The highest BCUT2D eigenvalue weighted by molar-refractivity contribution is 5.94. The molecule has 1 aliphatic rings. The number of pyridine rings is 1. The largest absolute Gasteiger partial charge is 0.336 e. The molecule has 2 rings (SSSR count). The number of nitrogens with zero attached hydrogens (tertiary/aromatic N) is 1. The van der Waals surface area contributed by atoms with Gasteiger partial charge in [-0.25, -0.2) is 0 Å². The number of amides is 1. The highest BCUT2D eigenvalue weighted by Crippen LogP contribution is 2.26. The molecule has 1 aliphatic carbocycles. The molecule has 1 heterocycles. The van der Waals surface area contributed by atoms with E-state index in [4.69, 9.17) is 5.73 Å². The number of carbonyl (C=O) groups excluding carboxylic acids is 1. The Balaban J connectivity index is 2.11. The SMILES string of the molecule is NCCCN(C(=O)c1ccc(=O)[nH]c1)C1CCC1. The summed E-state index contributed by atoms with van der Waals surface area (Å²) in [4.78, 5) is 27.8. The van der Waals surface area contributed by atoms with E-state index in [9.17, 15) is 9.59 Å². The van der Waals surface area contributed by atoms with Crippen LogP contribution in [0.2, 0.25) is 0 Å². The number of rotatable bonds is 5. The predicted octanol–water partition coefficient (Wildman–Crippen LogP) is 0.718. The van der Waals surface area contributed by atoms with E-state index in [2.05, 4.69) is 4.98 Å². The summed E-state index contributed by atoms with van der Waals surface area (Å²) >= 11 is 0. The summed E-state index contributed by atoms with van der Waals surface area (Å²) in [5.41, 5.74) is 5.86. The van der Waals surface area contributed by atoms with E-state index in [1.165, 1.54) is 18.7 Å². The van der Waals surface area contributed by atoms with Gasteiger partial charge >= 0.3 is 0 Å². The molecule has 0 aromatic carbocycles. The van der Waals surface area contributed by atoms with Gasteiger partial charge in [0.15, 0.2) is 0 Å². The molecule has 1 fully saturated rings. The molecule has 0 saturated heterocycles. The minimum absolute atomic E-state index is 0.00981. The van der Waals surface area contributed by atoms with Crippen LogP contribution in [0.1, 0.15) is 36.0 Å². The Morgan fingerprint density at radius 1 is 1.44 bits per heavy atom. The predicted molar refractivity (Wildman–Crippen MR) is 69.4 cm³/mol. The van der Waals surface area contributed by atoms with Crippen molar-refractivity contribution in [1.82, 2.24) is 9.88 Å². The maximum atomic E-state index is 12.4. The maximum Gasteiger partial charge on any atom is 0.255 e. The molecule has 0 spiro atoms. The highest BCUT2D eigenvalue weighted by atomic mass is 16.2. The van der Waals surface area contributed by atoms with E-state index >= 15 is 0 Å². The second-order valence-corrected chi connectivity index (χ2v) is 4.67. The Bertz CT molecular complexity index is 445. The van der Waals surface area contributed by atoms with Gasteiger partial charge in [-0.05, 0) is 38.3 Å². The lowest BCUT2D eigenvalue weighted by molar-refractivity contribution is 0.0578. The molecule has 0 atom stereocenters. The van der Waals surface area contributed by atoms with Crippen LogP contribution in [0, 0.1) is 0 Å². The molecule has 5 nitrogen and oxygen atoms in total. The van der Waals surface area contributed by atoms with Gasteiger partial charge in [0.05, 0.1) is 5.56 Å². The summed E-state index contributed by atoms with van der Waals surface area (Å²) in [7, 11) is 0. The first-order valence-corrected chi connectivity index (χ1v) is 6.42. The number of carbonyl (C=O) groups is 1. The molecule has 1 aromatic heterocycles. The molecule has 18 heavy (non-hydrogen) atoms. The normalized spacial score (nSPS) is 15.2. The average Bonchev–Trinajstić information content (AvgIpc) is 2.32. The summed E-state index contributed by atoms with van der Waals surface area (Å²) < 4.78 is 0. The number of hydrogen-bond acceptors (Lipinski definition) is 3. The van der Waals surface area contributed by atoms with E-state index in [1.54, 1.807) is 6.07 Å². The number of aromatic nitrogens is 1. The van der Waals surface area contributed by atoms with Crippen LogP contribution in [0.25, 0.3) is 0 Å². The minimum Gasteiger partial charge on any atom is -0.336 e. The Kier molecular flexibility index (Phi) is 4.15. The van der Waals surface area contributed by atoms with Crippen molar-refractivity contribution in [1.29, 1.82) is 0 Å². The van der Waals surface area contributed by atoms with E-state index in [1.807, 2.05) is 4.90 Å². The quantitative estimate of drug-likeness (QED) is 0.807. The van der Waals surface area contributed by atoms with Gasteiger partial charge in [-0.3, -0.25) is 9.59 Å². The molecule has 1 amide bonds. The van der Waals surface area contributed by atoms with Gasteiger partial charge in [0.2, 0.25) is 5.56 Å². The van der Waals surface area contributed by atoms with Gasteiger partial charge in [0.1, 0.15) is 0 Å². The fraction of sp³-hybridized carbons (Fsp3) is 0.538. The van der Waals surface area contributed by atoms with Gasteiger partial charge in [0, 0.05) is 24.8 Å². The highest BCUT2D eigenvalue weighted by Gasteiger charge is 2.28. The molecule has 1 aromatic rings. The molecule has 3 N–H and O–H groups in total. The van der Waals surface area contributed by atoms with Crippen molar-refractivity contribution >= 4 is 5.91 Å². The molecule has 1 saturated carbocycles. The van der Waals surface area contributed by atoms with Gasteiger partial charge in [0.25, 0.3) is 5.91 Å². The average molecular weight is 249 g/mol. The van der Waals surface area contributed by atoms with Crippen molar-refractivity contribution < 1.29 is 4.79 Å². The fourth-order valence-electron chi connectivity index (χ4n) is 2.12. The molecular formula is C13H19N3O2. The smallest absolute Gasteiger partial charge is 0.255 e. The van der Waals surface area contributed by atoms with E-state index in [-0.39, 0.29) is 11.5 Å². The first-order valence-electron chi connectivity index (χ1n) is 6.42. The van der Waals surface area contributed by atoms with Crippen molar-refractivity contribution in [2.24, 2.45) is 5.73 Å². The van der Waals surface area contributed by atoms with Crippen molar-refractivity contribution in [2.45, 2.75) is 31.7 Å². The van der Waals surface area contributed by atoms with E-state index in [0.29, 0.717) is 24.7 Å². The van der Waals surface area contributed by atoms with E-state index < -0.39 is 0 Å². The van der Waals surface area contributed by atoms with Gasteiger partial charge in [-0.2, -0.15) is 0 Å². The van der Waals surface area contributed by atoms with Gasteiger partial charge in [-0.15, -0.1) is 0 Å². The summed E-state index contributed by atoms with van der Waals surface area (Å²) in [5.74, 6) is -0.00981. The fourth-order valence-corrected chi connectivity index (χ4v) is 2.12. The van der Waals surface area contributed by atoms with Crippen molar-refractivity contribution in [3.8, 4) is 0 Å². The lowest BCUT2D eigenvalue weighted by atomic mass is 9.91. The van der Waals surface area contributed by atoms with Crippen LogP contribution in [0.15, 0.2) is 23.1 Å². The Labute approximate surface area is 106 Å². The number of nitrogens with one attached hydrogen (secondary N) is 1. The summed E-state index contributed by atoms with van der Waals surface area (Å²) in [6.45, 7) is 1.28. The molecule has 0 aliphatic heterocycles.